The predicted molar refractivity (Wildman–Crippen MR) is 109 cm³/mol. The van der Waals surface area contributed by atoms with Crippen LogP contribution in [-0.4, -0.2) is 35.0 Å². The minimum Gasteiger partial charge on any atom is -0.372 e. The largest absolute Gasteiger partial charge is 0.372 e. The maximum absolute atomic E-state index is 13.4. The zero-order valence-electron chi connectivity index (χ0n) is 15.9. The molecule has 3 amide bonds. The number of carbonyl (C=O) groups is 3. The molecule has 2 aliphatic heterocycles. The first kappa shape index (κ1) is 20.3. The van der Waals surface area contributed by atoms with E-state index in [1.165, 1.54) is 23.1 Å². The number of benzene rings is 2. The third-order valence-electron chi connectivity index (χ3n) is 5.41. The van der Waals surface area contributed by atoms with Gasteiger partial charge in [-0.1, -0.05) is 11.6 Å². The second kappa shape index (κ2) is 7.70. The average molecular weight is 432 g/mol. The summed E-state index contributed by atoms with van der Waals surface area (Å²) in [6.07, 6.45) is 0.831. The maximum Gasteiger partial charge on any atom is 0.268 e. The molecular formula is C21H19ClFN3O4. The summed E-state index contributed by atoms with van der Waals surface area (Å²) in [7, 11) is 0. The van der Waals surface area contributed by atoms with E-state index in [0.717, 1.165) is 5.56 Å². The van der Waals surface area contributed by atoms with Gasteiger partial charge in [0.2, 0.25) is 11.5 Å². The van der Waals surface area contributed by atoms with Crippen molar-refractivity contribution in [3.05, 3.63) is 58.4 Å². The summed E-state index contributed by atoms with van der Waals surface area (Å²) in [5.74, 6) is -2.16. The fourth-order valence-electron chi connectivity index (χ4n) is 3.70. The molecule has 0 aliphatic carbocycles. The molecule has 0 spiro atoms. The van der Waals surface area contributed by atoms with Crippen molar-refractivity contribution in [2.24, 2.45) is 0 Å². The lowest BCUT2D eigenvalue weighted by Crippen LogP contribution is -2.52. The summed E-state index contributed by atoms with van der Waals surface area (Å²) in [6, 6.07) is 8.90. The Morgan fingerprint density at radius 2 is 2.03 bits per heavy atom. The van der Waals surface area contributed by atoms with Crippen LogP contribution in [0.5, 0.6) is 0 Å². The lowest BCUT2D eigenvalue weighted by Gasteiger charge is -2.24. The summed E-state index contributed by atoms with van der Waals surface area (Å²) in [5, 5.41) is 16.3. The number of carbonyl (C=O) groups excluding carboxylic acids is 3. The van der Waals surface area contributed by atoms with Crippen LogP contribution < -0.4 is 15.5 Å². The zero-order chi connectivity index (χ0) is 21.5. The minimum absolute atomic E-state index is 0.0584. The van der Waals surface area contributed by atoms with Crippen LogP contribution >= 0.6 is 11.6 Å². The van der Waals surface area contributed by atoms with Crippen molar-refractivity contribution in [1.29, 1.82) is 0 Å². The lowest BCUT2D eigenvalue weighted by molar-refractivity contribution is -0.149. The number of hydrogen-bond donors (Lipinski definition) is 3. The molecule has 9 heteroatoms. The Morgan fingerprint density at radius 3 is 2.83 bits per heavy atom. The van der Waals surface area contributed by atoms with Crippen molar-refractivity contribution in [3.63, 3.8) is 0 Å². The molecule has 30 heavy (non-hydrogen) atoms. The Bertz CT molecular complexity index is 1060. The van der Waals surface area contributed by atoms with Gasteiger partial charge in [0.05, 0.1) is 0 Å². The summed E-state index contributed by atoms with van der Waals surface area (Å²) in [5.41, 5.74) is 0.255. The van der Waals surface area contributed by atoms with Crippen LogP contribution in [0, 0.1) is 5.82 Å². The molecule has 0 bridgehead atoms. The Morgan fingerprint density at radius 1 is 1.23 bits per heavy atom. The molecule has 0 saturated carbocycles. The molecule has 2 aromatic rings. The van der Waals surface area contributed by atoms with Gasteiger partial charge in [-0.25, -0.2) is 4.39 Å². The molecular weight excluding hydrogens is 413 g/mol. The van der Waals surface area contributed by atoms with Gasteiger partial charge in [-0.15, -0.1) is 0 Å². The highest BCUT2D eigenvalue weighted by Crippen LogP contribution is 2.33. The minimum atomic E-state index is -2.22. The van der Waals surface area contributed by atoms with Gasteiger partial charge < -0.3 is 20.6 Å². The lowest BCUT2D eigenvalue weighted by atomic mass is 10.0. The molecule has 1 fully saturated rings. The Kier molecular flexibility index (Phi) is 5.21. The van der Waals surface area contributed by atoms with Crippen LogP contribution in [0.25, 0.3) is 0 Å². The second-order valence-corrected chi connectivity index (χ2v) is 7.78. The first-order valence-corrected chi connectivity index (χ1v) is 9.85. The molecule has 2 aromatic carbocycles. The first-order valence-electron chi connectivity index (χ1n) is 9.47. The van der Waals surface area contributed by atoms with Gasteiger partial charge in [0, 0.05) is 42.3 Å². The van der Waals surface area contributed by atoms with Crippen LogP contribution in [0.2, 0.25) is 5.02 Å². The molecule has 3 N–H and O–H groups in total. The fourth-order valence-corrected chi connectivity index (χ4v) is 3.88. The summed E-state index contributed by atoms with van der Waals surface area (Å²) < 4.78 is 13.4. The van der Waals surface area contributed by atoms with Crippen molar-refractivity contribution in [2.75, 3.05) is 16.8 Å². The zero-order valence-corrected chi connectivity index (χ0v) is 16.6. The van der Waals surface area contributed by atoms with E-state index in [-0.39, 0.29) is 30.4 Å². The summed E-state index contributed by atoms with van der Waals surface area (Å²) >= 11 is 5.99. The number of anilines is 2. The van der Waals surface area contributed by atoms with Crippen LogP contribution in [0.4, 0.5) is 15.8 Å². The van der Waals surface area contributed by atoms with E-state index in [1.54, 1.807) is 18.2 Å². The predicted octanol–water partition coefficient (Wildman–Crippen LogP) is 2.15. The molecule has 1 atom stereocenters. The van der Waals surface area contributed by atoms with Crippen molar-refractivity contribution < 1.29 is 23.9 Å². The number of nitrogens with one attached hydrogen (secondary N) is 2. The third-order valence-corrected chi connectivity index (χ3v) is 5.78. The number of rotatable bonds is 4. The van der Waals surface area contributed by atoms with E-state index < -0.39 is 23.2 Å². The van der Waals surface area contributed by atoms with Gasteiger partial charge >= 0.3 is 0 Å². The molecule has 4 rings (SSSR count). The summed E-state index contributed by atoms with van der Waals surface area (Å²) in [6.45, 7) is 0.0399. The van der Waals surface area contributed by atoms with E-state index in [2.05, 4.69) is 10.6 Å². The van der Waals surface area contributed by atoms with Gasteiger partial charge in [0.1, 0.15) is 5.82 Å². The Balaban J connectivity index is 1.48. The van der Waals surface area contributed by atoms with Gasteiger partial charge in [-0.3, -0.25) is 14.4 Å². The van der Waals surface area contributed by atoms with Gasteiger partial charge in [-0.2, -0.15) is 0 Å². The van der Waals surface area contributed by atoms with Crippen LogP contribution in [0.1, 0.15) is 24.0 Å². The van der Waals surface area contributed by atoms with E-state index in [1.807, 2.05) is 0 Å². The highest BCUT2D eigenvalue weighted by atomic mass is 35.5. The molecule has 7 nitrogen and oxygen atoms in total. The molecule has 0 aromatic heterocycles. The highest BCUT2D eigenvalue weighted by molar-refractivity contribution is 6.31. The van der Waals surface area contributed by atoms with Crippen molar-refractivity contribution in [3.8, 4) is 0 Å². The first-order chi connectivity index (χ1) is 14.3. The normalized spacial score (nSPS) is 20.7. The fraction of sp³-hybridized carbons (Fsp3) is 0.286. The molecule has 2 aliphatic rings. The van der Waals surface area contributed by atoms with Gasteiger partial charge in [0.25, 0.3) is 11.8 Å². The smallest absolute Gasteiger partial charge is 0.268 e. The molecule has 156 valence electrons. The van der Waals surface area contributed by atoms with Crippen LogP contribution in [-0.2, 0) is 27.3 Å². The number of hydrogen-bond acceptors (Lipinski definition) is 4. The quantitative estimate of drug-likeness (QED) is 0.646. The third kappa shape index (κ3) is 3.64. The van der Waals surface area contributed by atoms with E-state index in [0.29, 0.717) is 29.8 Å². The Hall–Kier alpha value is -2.97. The van der Waals surface area contributed by atoms with Gasteiger partial charge in [0.15, 0.2) is 0 Å². The molecule has 1 saturated heterocycles. The SMILES string of the molecule is O=C1CCc2cc(N3CC[C@](O)(C(=O)NCc4cc(F)ccc4Cl)C3=O)ccc2N1. The number of aliphatic hydroxyl groups is 1. The highest BCUT2D eigenvalue weighted by Gasteiger charge is 2.51. The van der Waals surface area contributed by atoms with E-state index >= 15 is 0 Å². The standard InChI is InChI=1S/C21H19ClFN3O4/c22-16-4-2-14(23)9-13(16)11-24-19(28)21(30)7-8-26(20(21)29)15-3-5-17-12(10-15)1-6-18(27)25-17/h2-5,9-10,30H,1,6-8,11H2,(H,24,28)(H,25,27)/t21-/m0/s1. The number of fused-ring (bicyclic) bond motifs is 1. The average Bonchev–Trinajstić information content (AvgIpc) is 3.04. The van der Waals surface area contributed by atoms with Gasteiger partial charge in [-0.05, 0) is 53.9 Å². The van der Waals surface area contributed by atoms with Crippen LogP contribution in [0.3, 0.4) is 0 Å². The van der Waals surface area contributed by atoms with Crippen molar-refractivity contribution >= 4 is 40.7 Å². The maximum atomic E-state index is 13.4. The van der Waals surface area contributed by atoms with E-state index in [4.69, 9.17) is 11.6 Å². The van der Waals surface area contributed by atoms with Crippen molar-refractivity contribution in [2.45, 2.75) is 31.4 Å². The molecule has 2 heterocycles. The molecule has 0 radical (unpaired) electrons. The van der Waals surface area contributed by atoms with Crippen LogP contribution in [0.15, 0.2) is 36.4 Å². The van der Waals surface area contributed by atoms with Crippen molar-refractivity contribution in [1.82, 2.24) is 5.32 Å². The number of halogens is 2. The topological polar surface area (TPSA) is 98.7 Å². The number of aryl methyl sites for hydroxylation is 1. The summed E-state index contributed by atoms with van der Waals surface area (Å²) in [4.78, 5) is 38.3. The number of nitrogens with zero attached hydrogens (tertiary/aromatic N) is 1. The monoisotopic (exact) mass is 431 g/mol. The Labute approximate surface area is 176 Å². The van der Waals surface area contributed by atoms with E-state index in [9.17, 15) is 23.9 Å². The number of amides is 3. The molecule has 0 unspecified atom stereocenters. The second-order valence-electron chi connectivity index (χ2n) is 7.38.